The minimum atomic E-state index is -0.530. The van der Waals surface area contributed by atoms with E-state index < -0.39 is 5.60 Å². The molecule has 138 valence electrons. The van der Waals surface area contributed by atoms with Crippen molar-refractivity contribution < 1.29 is 23.7 Å². The second-order valence-corrected chi connectivity index (χ2v) is 6.84. The van der Waals surface area contributed by atoms with Gasteiger partial charge in [0.15, 0.2) is 5.60 Å². The molecule has 1 heterocycles. The van der Waals surface area contributed by atoms with E-state index in [1.165, 1.54) is 0 Å². The summed E-state index contributed by atoms with van der Waals surface area (Å²) in [6.45, 7) is 3.07. The van der Waals surface area contributed by atoms with E-state index in [0.29, 0.717) is 42.1 Å². The van der Waals surface area contributed by atoms with Crippen LogP contribution in [0.4, 0.5) is 0 Å². The summed E-state index contributed by atoms with van der Waals surface area (Å²) >= 11 is 6.60. The first-order chi connectivity index (χ1) is 12.1. The van der Waals surface area contributed by atoms with Crippen LogP contribution in [-0.4, -0.2) is 40.1 Å². The molecule has 1 aliphatic heterocycles. The summed E-state index contributed by atoms with van der Waals surface area (Å²) in [5, 5.41) is 0.469. The summed E-state index contributed by atoms with van der Waals surface area (Å²) in [5.74, 6) is 3.06. The zero-order valence-corrected chi connectivity index (χ0v) is 15.9. The Morgan fingerprint density at radius 2 is 2.00 bits per heavy atom. The molecular formula is C19H25ClO5. The Bertz CT molecular complexity index is 672. The molecule has 1 aromatic carbocycles. The Balaban J connectivity index is 2.00. The number of halogens is 1. The van der Waals surface area contributed by atoms with Gasteiger partial charge in [-0.05, 0) is 18.9 Å². The number of ether oxygens (including phenoxy) is 5. The molecule has 6 heteroatoms. The Labute approximate surface area is 153 Å². The van der Waals surface area contributed by atoms with Crippen molar-refractivity contribution in [3.8, 4) is 17.2 Å². The molecule has 0 aromatic heterocycles. The van der Waals surface area contributed by atoms with Crippen LogP contribution in [0.15, 0.2) is 17.9 Å². The number of allylic oxidation sites excluding steroid dienone is 1. The maximum Gasteiger partial charge on any atom is 0.172 e. The van der Waals surface area contributed by atoms with Gasteiger partial charge in [0.1, 0.15) is 34.6 Å². The lowest BCUT2D eigenvalue weighted by Gasteiger charge is -2.38. The van der Waals surface area contributed by atoms with Gasteiger partial charge in [-0.2, -0.15) is 0 Å². The SMILES string of the molecule is COCCOc1cc(OC)c2c(c1Cl)O[C@]1(C2)C(OC)=CCC[C@H]1C. The molecule has 0 N–H and O–H groups in total. The number of hydrogen-bond acceptors (Lipinski definition) is 5. The highest BCUT2D eigenvalue weighted by Gasteiger charge is 2.51. The van der Waals surface area contributed by atoms with E-state index in [4.69, 9.17) is 35.3 Å². The van der Waals surface area contributed by atoms with Crippen molar-refractivity contribution >= 4 is 11.6 Å². The monoisotopic (exact) mass is 368 g/mol. The van der Waals surface area contributed by atoms with Crippen LogP contribution in [0, 0.1) is 5.92 Å². The molecule has 2 atom stereocenters. The average Bonchev–Trinajstić information content (AvgIpc) is 3.01. The third-order valence-corrected chi connectivity index (χ3v) is 5.46. The minimum absolute atomic E-state index is 0.304. The number of fused-ring (bicyclic) bond motifs is 1. The van der Waals surface area contributed by atoms with Crippen molar-refractivity contribution in [2.75, 3.05) is 34.5 Å². The molecule has 0 saturated heterocycles. The lowest BCUT2D eigenvalue weighted by Crippen LogP contribution is -2.45. The van der Waals surface area contributed by atoms with Gasteiger partial charge in [0.25, 0.3) is 0 Å². The first-order valence-corrected chi connectivity index (χ1v) is 8.90. The molecule has 3 rings (SSSR count). The fourth-order valence-corrected chi connectivity index (χ4v) is 3.95. The van der Waals surface area contributed by atoms with Crippen molar-refractivity contribution in [2.45, 2.75) is 31.8 Å². The van der Waals surface area contributed by atoms with Crippen LogP contribution in [0.3, 0.4) is 0 Å². The molecule has 0 fully saturated rings. The van der Waals surface area contributed by atoms with Gasteiger partial charge in [-0.3, -0.25) is 0 Å². The van der Waals surface area contributed by atoms with Crippen molar-refractivity contribution in [3.05, 3.63) is 28.5 Å². The second kappa shape index (κ2) is 7.34. The third kappa shape index (κ3) is 3.04. The Kier molecular flexibility index (Phi) is 5.35. The van der Waals surface area contributed by atoms with Crippen molar-refractivity contribution in [1.82, 2.24) is 0 Å². The van der Waals surface area contributed by atoms with Gasteiger partial charge in [-0.1, -0.05) is 18.5 Å². The van der Waals surface area contributed by atoms with E-state index in [-0.39, 0.29) is 0 Å². The zero-order chi connectivity index (χ0) is 18.0. The summed E-state index contributed by atoms with van der Waals surface area (Å²) in [7, 11) is 4.96. The minimum Gasteiger partial charge on any atom is -0.497 e. The smallest absolute Gasteiger partial charge is 0.172 e. The van der Waals surface area contributed by atoms with Crippen LogP contribution in [0.2, 0.25) is 5.02 Å². The predicted molar refractivity (Wildman–Crippen MR) is 95.9 cm³/mol. The largest absolute Gasteiger partial charge is 0.497 e. The van der Waals surface area contributed by atoms with Gasteiger partial charge in [0.05, 0.1) is 20.8 Å². The highest BCUT2D eigenvalue weighted by atomic mass is 35.5. The molecule has 1 aromatic rings. The first kappa shape index (κ1) is 18.2. The highest BCUT2D eigenvalue weighted by Crippen LogP contribution is 2.54. The van der Waals surface area contributed by atoms with Crippen LogP contribution in [0.5, 0.6) is 17.2 Å². The van der Waals surface area contributed by atoms with Gasteiger partial charge in [0, 0.05) is 31.1 Å². The van der Waals surface area contributed by atoms with Gasteiger partial charge in [-0.25, -0.2) is 0 Å². The van der Waals surface area contributed by atoms with Crippen LogP contribution in [0.25, 0.3) is 0 Å². The summed E-state index contributed by atoms with van der Waals surface area (Å²) in [6.07, 6.45) is 4.81. The second-order valence-electron chi connectivity index (χ2n) is 6.46. The van der Waals surface area contributed by atoms with Crippen LogP contribution in [-0.2, 0) is 15.9 Å². The maximum absolute atomic E-state index is 6.60. The summed E-state index contributed by atoms with van der Waals surface area (Å²) in [6, 6.07) is 1.82. The molecule has 2 aliphatic rings. The van der Waals surface area contributed by atoms with E-state index >= 15 is 0 Å². The number of benzene rings is 1. The van der Waals surface area contributed by atoms with Crippen molar-refractivity contribution in [3.63, 3.8) is 0 Å². The van der Waals surface area contributed by atoms with Crippen molar-refractivity contribution in [1.29, 1.82) is 0 Å². The number of hydrogen-bond donors (Lipinski definition) is 0. The maximum atomic E-state index is 6.60. The predicted octanol–water partition coefficient (Wildman–Crippen LogP) is 4.01. The van der Waals surface area contributed by atoms with Crippen molar-refractivity contribution in [2.24, 2.45) is 5.92 Å². The fourth-order valence-electron chi connectivity index (χ4n) is 3.68. The normalized spacial score (nSPS) is 24.5. The van der Waals surface area contributed by atoms with Crippen LogP contribution in [0.1, 0.15) is 25.3 Å². The molecule has 0 unspecified atom stereocenters. The summed E-state index contributed by atoms with van der Waals surface area (Å²) in [5.41, 5.74) is 0.431. The molecule has 0 bridgehead atoms. The zero-order valence-electron chi connectivity index (χ0n) is 15.2. The lowest BCUT2D eigenvalue weighted by atomic mass is 9.77. The van der Waals surface area contributed by atoms with E-state index in [2.05, 4.69) is 13.0 Å². The Morgan fingerprint density at radius 3 is 2.68 bits per heavy atom. The Hall–Kier alpha value is -1.59. The van der Waals surface area contributed by atoms with Gasteiger partial charge in [-0.15, -0.1) is 0 Å². The van der Waals surface area contributed by atoms with Crippen LogP contribution >= 0.6 is 11.6 Å². The average molecular weight is 369 g/mol. The molecule has 0 radical (unpaired) electrons. The van der Waals surface area contributed by atoms with E-state index in [1.807, 2.05) is 6.07 Å². The third-order valence-electron chi connectivity index (χ3n) is 5.10. The summed E-state index contributed by atoms with van der Waals surface area (Å²) in [4.78, 5) is 0. The molecule has 1 aliphatic carbocycles. The molecule has 0 saturated carbocycles. The standard InChI is InChI=1S/C19H25ClO5/c1-12-6-5-7-16(23-4)19(12)11-13-14(22-3)10-15(24-9-8-21-2)17(20)18(13)25-19/h7,10,12H,5-6,8-9,11H2,1-4H3/t12-,19+/m1/s1. The van der Waals surface area contributed by atoms with Gasteiger partial charge >= 0.3 is 0 Å². The quantitative estimate of drug-likeness (QED) is 0.710. The summed E-state index contributed by atoms with van der Waals surface area (Å²) < 4.78 is 28.5. The van der Waals surface area contributed by atoms with E-state index in [0.717, 1.165) is 29.9 Å². The molecule has 5 nitrogen and oxygen atoms in total. The van der Waals surface area contributed by atoms with Gasteiger partial charge in [0.2, 0.25) is 0 Å². The fraction of sp³-hybridized carbons (Fsp3) is 0.579. The molecular weight excluding hydrogens is 344 g/mol. The number of rotatable bonds is 6. The first-order valence-electron chi connectivity index (χ1n) is 8.52. The molecule has 1 spiro atoms. The lowest BCUT2D eigenvalue weighted by molar-refractivity contribution is 0.00888. The van der Waals surface area contributed by atoms with Crippen LogP contribution < -0.4 is 14.2 Å². The number of methoxy groups -OCH3 is 3. The molecule has 0 amide bonds. The molecule has 25 heavy (non-hydrogen) atoms. The van der Waals surface area contributed by atoms with E-state index in [1.54, 1.807) is 21.3 Å². The van der Waals surface area contributed by atoms with E-state index in [9.17, 15) is 0 Å². The topological polar surface area (TPSA) is 46.2 Å². The Morgan fingerprint density at radius 1 is 1.20 bits per heavy atom. The van der Waals surface area contributed by atoms with Gasteiger partial charge < -0.3 is 23.7 Å². The highest BCUT2D eigenvalue weighted by molar-refractivity contribution is 6.33.